The molecule has 1 aliphatic carbocycles. The molecule has 4 heteroatoms. The topological polar surface area (TPSA) is 52.6 Å². The van der Waals surface area contributed by atoms with Crippen LogP contribution < -0.4 is 0 Å². The number of benzene rings is 2. The van der Waals surface area contributed by atoms with Crippen molar-refractivity contribution < 1.29 is 19.1 Å². The summed E-state index contributed by atoms with van der Waals surface area (Å²) in [6.45, 7) is 0. The Hall–Kier alpha value is -2.88. The second-order valence-electron chi connectivity index (χ2n) is 5.19. The van der Waals surface area contributed by atoms with E-state index < -0.39 is 17.9 Å². The van der Waals surface area contributed by atoms with Gasteiger partial charge in [-0.2, -0.15) is 0 Å². The molecule has 3 rings (SSSR count). The minimum Gasteiger partial charge on any atom is -0.468 e. The van der Waals surface area contributed by atoms with Crippen LogP contribution in [0.4, 0.5) is 0 Å². The Kier molecular flexibility index (Phi) is 3.98. The summed E-state index contributed by atoms with van der Waals surface area (Å²) in [5.74, 6) is -1.75. The number of rotatable bonds is 3. The Morgan fingerprint density at radius 1 is 0.870 bits per heavy atom. The van der Waals surface area contributed by atoms with Gasteiger partial charge in [0.05, 0.1) is 19.8 Å². The molecule has 0 bridgehead atoms. The molecule has 0 spiro atoms. The molecular formula is C19H16O4. The van der Waals surface area contributed by atoms with Gasteiger partial charge in [-0.3, -0.25) is 4.79 Å². The number of ether oxygens (including phenoxy) is 2. The van der Waals surface area contributed by atoms with Gasteiger partial charge in [-0.05, 0) is 16.7 Å². The molecule has 2 aromatic rings. The number of hydrogen-bond donors (Lipinski definition) is 0. The highest BCUT2D eigenvalue weighted by Gasteiger charge is 2.41. The fourth-order valence-electron chi connectivity index (χ4n) is 3.03. The number of methoxy groups -OCH3 is 2. The monoisotopic (exact) mass is 308 g/mol. The molecule has 0 saturated carbocycles. The average molecular weight is 308 g/mol. The first-order chi connectivity index (χ1) is 11.2. The lowest BCUT2D eigenvalue weighted by Crippen LogP contribution is -2.20. The fourth-order valence-corrected chi connectivity index (χ4v) is 3.03. The van der Waals surface area contributed by atoms with E-state index in [2.05, 4.69) is 0 Å². The minimum atomic E-state index is -0.765. The van der Waals surface area contributed by atoms with Crippen LogP contribution in [-0.4, -0.2) is 26.2 Å². The van der Waals surface area contributed by atoms with E-state index in [1.54, 1.807) is 0 Å². The van der Waals surface area contributed by atoms with Crippen LogP contribution >= 0.6 is 0 Å². The van der Waals surface area contributed by atoms with Gasteiger partial charge in [0.1, 0.15) is 5.92 Å². The predicted molar refractivity (Wildman–Crippen MR) is 85.7 cm³/mol. The zero-order chi connectivity index (χ0) is 16.4. The number of carbonyl (C=O) groups is 2. The molecule has 116 valence electrons. The summed E-state index contributed by atoms with van der Waals surface area (Å²) >= 11 is 0. The third-order valence-corrected chi connectivity index (χ3v) is 4.00. The Balaban J connectivity index is 2.32. The Bertz CT molecular complexity index is 790. The van der Waals surface area contributed by atoms with E-state index in [1.807, 2.05) is 54.6 Å². The van der Waals surface area contributed by atoms with Crippen molar-refractivity contribution in [3.05, 3.63) is 76.9 Å². The molecule has 23 heavy (non-hydrogen) atoms. The maximum absolute atomic E-state index is 12.4. The van der Waals surface area contributed by atoms with Crippen molar-refractivity contribution in [2.45, 2.75) is 5.92 Å². The van der Waals surface area contributed by atoms with Crippen LogP contribution in [-0.2, 0) is 19.1 Å². The van der Waals surface area contributed by atoms with Crippen LogP contribution in [0.2, 0.25) is 0 Å². The summed E-state index contributed by atoms with van der Waals surface area (Å²) in [7, 11) is 2.63. The summed E-state index contributed by atoms with van der Waals surface area (Å²) < 4.78 is 9.86. The first-order valence-corrected chi connectivity index (χ1v) is 7.24. The highest BCUT2D eigenvalue weighted by molar-refractivity contribution is 6.12. The molecule has 0 radical (unpaired) electrons. The summed E-state index contributed by atoms with van der Waals surface area (Å²) in [6.07, 6.45) is 0. The molecule has 1 aliphatic rings. The van der Waals surface area contributed by atoms with Gasteiger partial charge in [-0.1, -0.05) is 54.6 Å². The molecule has 1 atom stereocenters. The van der Waals surface area contributed by atoms with Crippen LogP contribution in [0.15, 0.2) is 60.2 Å². The third-order valence-electron chi connectivity index (χ3n) is 4.00. The van der Waals surface area contributed by atoms with Gasteiger partial charge in [-0.15, -0.1) is 0 Å². The smallest absolute Gasteiger partial charge is 0.335 e. The lowest BCUT2D eigenvalue weighted by molar-refractivity contribution is -0.144. The van der Waals surface area contributed by atoms with Crippen molar-refractivity contribution in [1.29, 1.82) is 0 Å². The normalized spacial score (nSPS) is 16.0. The summed E-state index contributed by atoms with van der Waals surface area (Å²) in [5, 5.41) is 0. The van der Waals surface area contributed by atoms with Gasteiger partial charge >= 0.3 is 11.9 Å². The van der Waals surface area contributed by atoms with Gasteiger partial charge < -0.3 is 9.47 Å². The van der Waals surface area contributed by atoms with Crippen LogP contribution in [0.5, 0.6) is 0 Å². The standard InChI is InChI=1S/C19H16O4/c1-22-18(20)16-14-11-7-6-10-13(14)15(17(16)19(21)23-2)12-8-4-3-5-9-12/h3-11,16H,1-2H3. The molecule has 4 nitrogen and oxygen atoms in total. The number of fused-ring (bicyclic) bond motifs is 1. The van der Waals surface area contributed by atoms with Gasteiger partial charge in [0.25, 0.3) is 0 Å². The molecule has 1 unspecified atom stereocenters. The quantitative estimate of drug-likeness (QED) is 0.818. The summed E-state index contributed by atoms with van der Waals surface area (Å²) in [5.41, 5.74) is 3.54. The van der Waals surface area contributed by atoms with Gasteiger partial charge in [0.2, 0.25) is 0 Å². The van der Waals surface area contributed by atoms with Crippen molar-refractivity contribution in [1.82, 2.24) is 0 Å². The molecule has 0 heterocycles. The van der Waals surface area contributed by atoms with E-state index in [1.165, 1.54) is 14.2 Å². The molecule has 0 aliphatic heterocycles. The second-order valence-corrected chi connectivity index (χ2v) is 5.19. The first kappa shape index (κ1) is 15.0. The van der Waals surface area contributed by atoms with E-state index >= 15 is 0 Å². The summed E-state index contributed by atoms with van der Waals surface area (Å²) in [6, 6.07) is 17.0. The lowest BCUT2D eigenvalue weighted by atomic mass is 9.95. The highest BCUT2D eigenvalue weighted by Crippen LogP contribution is 2.45. The number of hydrogen-bond acceptors (Lipinski definition) is 4. The van der Waals surface area contributed by atoms with E-state index in [9.17, 15) is 9.59 Å². The van der Waals surface area contributed by atoms with Gasteiger partial charge in [0.15, 0.2) is 0 Å². The first-order valence-electron chi connectivity index (χ1n) is 7.24. The highest BCUT2D eigenvalue weighted by atomic mass is 16.5. The second kappa shape index (κ2) is 6.08. The van der Waals surface area contributed by atoms with Crippen molar-refractivity contribution in [3.63, 3.8) is 0 Å². The number of carbonyl (C=O) groups excluding carboxylic acids is 2. The molecule has 0 N–H and O–H groups in total. The molecular weight excluding hydrogens is 292 g/mol. The van der Waals surface area contributed by atoms with Crippen LogP contribution in [0, 0.1) is 0 Å². The van der Waals surface area contributed by atoms with Crippen LogP contribution in [0.3, 0.4) is 0 Å². The molecule has 0 saturated heterocycles. The van der Waals surface area contributed by atoms with Gasteiger partial charge in [-0.25, -0.2) is 4.79 Å². The van der Waals surface area contributed by atoms with E-state index in [0.717, 1.165) is 22.3 Å². The SMILES string of the molecule is COC(=O)C1=C(c2ccccc2)c2ccccc2C1C(=O)OC. The third kappa shape index (κ3) is 2.42. The number of esters is 2. The summed E-state index contributed by atoms with van der Waals surface area (Å²) in [4.78, 5) is 24.7. The van der Waals surface area contributed by atoms with E-state index in [-0.39, 0.29) is 0 Å². The van der Waals surface area contributed by atoms with Crippen molar-refractivity contribution >= 4 is 17.5 Å². The zero-order valence-electron chi connectivity index (χ0n) is 12.9. The Morgan fingerprint density at radius 2 is 1.52 bits per heavy atom. The van der Waals surface area contributed by atoms with Crippen LogP contribution in [0.25, 0.3) is 5.57 Å². The molecule has 0 amide bonds. The van der Waals surface area contributed by atoms with Crippen molar-refractivity contribution in [2.75, 3.05) is 14.2 Å². The average Bonchev–Trinajstić information content (AvgIpc) is 2.96. The Labute approximate surface area is 134 Å². The van der Waals surface area contributed by atoms with Crippen LogP contribution in [0.1, 0.15) is 22.6 Å². The predicted octanol–water partition coefficient (Wildman–Crippen LogP) is 2.93. The largest absolute Gasteiger partial charge is 0.468 e. The molecule has 0 fully saturated rings. The van der Waals surface area contributed by atoms with Gasteiger partial charge in [0, 0.05) is 5.57 Å². The minimum absolute atomic E-state index is 0.326. The Morgan fingerprint density at radius 3 is 2.17 bits per heavy atom. The van der Waals surface area contributed by atoms with E-state index in [4.69, 9.17) is 9.47 Å². The lowest BCUT2D eigenvalue weighted by Gasteiger charge is -2.13. The fraction of sp³-hybridized carbons (Fsp3) is 0.158. The van der Waals surface area contributed by atoms with E-state index in [0.29, 0.717) is 5.57 Å². The zero-order valence-corrected chi connectivity index (χ0v) is 12.9. The van der Waals surface area contributed by atoms with Crippen molar-refractivity contribution in [2.24, 2.45) is 0 Å². The van der Waals surface area contributed by atoms with Crippen molar-refractivity contribution in [3.8, 4) is 0 Å². The maximum Gasteiger partial charge on any atom is 0.335 e. The molecule has 2 aromatic carbocycles. The molecule has 0 aromatic heterocycles. The maximum atomic E-state index is 12.4.